The van der Waals surface area contributed by atoms with Crippen molar-refractivity contribution in [1.29, 1.82) is 0 Å². The van der Waals surface area contributed by atoms with Crippen molar-refractivity contribution in [1.82, 2.24) is 5.32 Å². The number of carbonyl (C=O) groups is 1. The molecule has 1 amide bonds. The fraction of sp³-hybridized carbons (Fsp3) is 0.0870. The van der Waals surface area contributed by atoms with Gasteiger partial charge in [-0.3, -0.25) is 19.8 Å². The van der Waals surface area contributed by atoms with Crippen LogP contribution in [0.2, 0.25) is 10.0 Å². The zero-order valence-electron chi connectivity index (χ0n) is 16.8. The Hall–Kier alpha value is -3.55. The van der Waals surface area contributed by atoms with Crippen LogP contribution in [0.15, 0.2) is 72.4 Å². The van der Waals surface area contributed by atoms with Crippen molar-refractivity contribution in [2.45, 2.75) is 6.17 Å². The molecule has 3 aromatic rings. The number of hydrogen-bond acceptors (Lipinski definition) is 5. The van der Waals surface area contributed by atoms with Gasteiger partial charge in [0.15, 0.2) is 0 Å². The molecule has 32 heavy (non-hydrogen) atoms. The maximum atomic E-state index is 13.5. The number of rotatable bonds is 5. The number of ether oxygens (including phenoxy) is 1. The number of carbonyl (C=O) groups excluding carboxylic acids is 1. The van der Waals surface area contributed by atoms with Gasteiger partial charge in [-0.1, -0.05) is 65.7 Å². The summed E-state index contributed by atoms with van der Waals surface area (Å²) in [4.78, 5) is 25.5. The molecule has 1 N–H and O–H groups in total. The van der Waals surface area contributed by atoms with E-state index in [0.29, 0.717) is 11.4 Å². The van der Waals surface area contributed by atoms with Crippen LogP contribution in [-0.2, 0) is 4.79 Å². The van der Waals surface area contributed by atoms with Crippen LogP contribution in [-0.4, -0.2) is 17.9 Å². The number of anilines is 1. The van der Waals surface area contributed by atoms with E-state index in [1.54, 1.807) is 25.3 Å². The molecule has 9 heteroatoms. The number of nitro benzene ring substituents is 1. The van der Waals surface area contributed by atoms with Crippen LogP contribution in [0.5, 0.6) is 5.75 Å². The van der Waals surface area contributed by atoms with Gasteiger partial charge in [-0.15, -0.1) is 0 Å². The van der Waals surface area contributed by atoms with Crippen LogP contribution in [0, 0.1) is 10.1 Å². The van der Waals surface area contributed by atoms with Gasteiger partial charge in [-0.2, -0.15) is 0 Å². The first-order valence-corrected chi connectivity index (χ1v) is 10.3. The summed E-state index contributed by atoms with van der Waals surface area (Å²) in [7, 11) is 1.58. The molecule has 162 valence electrons. The molecule has 1 fully saturated rings. The van der Waals surface area contributed by atoms with E-state index in [2.05, 4.69) is 5.32 Å². The van der Waals surface area contributed by atoms with Crippen molar-refractivity contribution in [2.75, 3.05) is 12.0 Å². The van der Waals surface area contributed by atoms with Crippen LogP contribution in [0.25, 0.3) is 6.08 Å². The van der Waals surface area contributed by atoms with Gasteiger partial charge in [0.25, 0.3) is 11.6 Å². The summed E-state index contributed by atoms with van der Waals surface area (Å²) in [5.74, 6) is 0.332. The largest absolute Gasteiger partial charge is 0.497 e. The monoisotopic (exact) mass is 469 g/mol. The van der Waals surface area contributed by atoms with Crippen LogP contribution < -0.4 is 15.0 Å². The van der Waals surface area contributed by atoms with Crippen LogP contribution >= 0.6 is 23.2 Å². The van der Waals surface area contributed by atoms with Crippen molar-refractivity contribution in [2.24, 2.45) is 0 Å². The SMILES string of the molecule is COc1ccc(C=C2NC(c3ccccc3)N(c3c(Cl)cc([N+](=O)[O-])cc3Cl)C2=O)cc1. The van der Waals surface area contributed by atoms with Gasteiger partial charge < -0.3 is 10.1 Å². The summed E-state index contributed by atoms with van der Waals surface area (Å²) in [6.07, 6.45) is 1.11. The second kappa shape index (κ2) is 8.90. The molecule has 1 atom stereocenters. The number of nitrogens with zero attached hydrogens (tertiary/aromatic N) is 2. The number of halogens is 2. The van der Waals surface area contributed by atoms with Crippen molar-refractivity contribution >= 4 is 46.6 Å². The third-order valence-electron chi connectivity index (χ3n) is 5.00. The minimum absolute atomic E-state index is 0.00554. The van der Waals surface area contributed by atoms with Crippen molar-refractivity contribution in [3.05, 3.63) is 104 Å². The standard InChI is InChI=1S/C23H17Cl2N3O4/c1-32-17-9-7-14(8-10-17)11-20-23(29)27(22(26-20)15-5-3-2-4-6-15)21-18(24)12-16(28(30)31)13-19(21)25/h2-13,22,26H,1H3. The summed E-state index contributed by atoms with van der Waals surface area (Å²) >= 11 is 12.7. The molecular weight excluding hydrogens is 453 g/mol. The molecule has 0 aromatic heterocycles. The maximum Gasteiger partial charge on any atom is 0.276 e. The quantitative estimate of drug-likeness (QED) is 0.299. The Morgan fingerprint density at radius 1 is 1.06 bits per heavy atom. The molecule has 3 aromatic carbocycles. The lowest BCUT2D eigenvalue weighted by Gasteiger charge is -2.25. The van der Waals surface area contributed by atoms with E-state index < -0.39 is 11.1 Å². The highest BCUT2D eigenvalue weighted by Gasteiger charge is 2.39. The molecule has 1 heterocycles. The number of nitro groups is 1. The topological polar surface area (TPSA) is 84.7 Å². The van der Waals surface area contributed by atoms with Gasteiger partial charge in [0, 0.05) is 12.1 Å². The Morgan fingerprint density at radius 3 is 2.25 bits per heavy atom. The molecule has 0 aliphatic carbocycles. The normalized spacial score (nSPS) is 16.8. The lowest BCUT2D eigenvalue weighted by molar-refractivity contribution is -0.384. The van der Waals surface area contributed by atoms with E-state index in [1.807, 2.05) is 42.5 Å². The van der Waals surface area contributed by atoms with Gasteiger partial charge in [0.1, 0.15) is 17.6 Å². The molecule has 1 aliphatic rings. The van der Waals surface area contributed by atoms with E-state index in [4.69, 9.17) is 27.9 Å². The molecule has 1 aliphatic heterocycles. The highest BCUT2D eigenvalue weighted by Crippen LogP contribution is 2.43. The van der Waals surface area contributed by atoms with E-state index in [9.17, 15) is 14.9 Å². The summed E-state index contributed by atoms with van der Waals surface area (Å²) in [5, 5.41) is 14.4. The summed E-state index contributed by atoms with van der Waals surface area (Å²) < 4.78 is 5.17. The summed E-state index contributed by atoms with van der Waals surface area (Å²) in [5.41, 5.74) is 1.85. The third kappa shape index (κ3) is 4.12. The smallest absolute Gasteiger partial charge is 0.276 e. The summed E-state index contributed by atoms with van der Waals surface area (Å²) in [6, 6.07) is 18.9. The number of nitrogens with one attached hydrogen (secondary N) is 1. The maximum absolute atomic E-state index is 13.5. The van der Waals surface area contributed by atoms with Crippen molar-refractivity contribution in [3.63, 3.8) is 0 Å². The van der Waals surface area contributed by atoms with Gasteiger partial charge in [-0.25, -0.2) is 0 Å². The first kappa shape index (κ1) is 21.7. The second-order valence-electron chi connectivity index (χ2n) is 6.98. The molecule has 7 nitrogen and oxygen atoms in total. The van der Waals surface area contributed by atoms with Crippen molar-refractivity contribution < 1.29 is 14.5 Å². The lowest BCUT2D eigenvalue weighted by atomic mass is 10.1. The average molecular weight is 470 g/mol. The Bertz CT molecular complexity index is 1190. The number of benzene rings is 3. The van der Waals surface area contributed by atoms with Crippen LogP contribution in [0.3, 0.4) is 0 Å². The zero-order valence-corrected chi connectivity index (χ0v) is 18.3. The van der Waals surface area contributed by atoms with Gasteiger partial charge in [0.05, 0.1) is 27.8 Å². The minimum Gasteiger partial charge on any atom is -0.497 e. The number of amides is 1. The van der Waals surface area contributed by atoms with Gasteiger partial charge in [0.2, 0.25) is 0 Å². The number of non-ortho nitro benzene ring substituents is 1. The fourth-order valence-electron chi connectivity index (χ4n) is 3.48. The molecule has 0 radical (unpaired) electrons. The van der Waals surface area contributed by atoms with E-state index in [1.165, 1.54) is 17.0 Å². The molecule has 1 saturated heterocycles. The highest BCUT2D eigenvalue weighted by atomic mass is 35.5. The second-order valence-corrected chi connectivity index (χ2v) is 7.79. The highest BCUT2D eigenvalue weighted by molar-refractivity contribution is 6.40. The van der Waals surface area contributed by atoms with Crippen LogP contribution in [0.4, 0.5) is 11.4 Å². The predicted octanol–water partition coefficient (Wildman–Crippen LogP) is 5.59. The van der Waals surface area contributed by atoms with E-state index in [-0.39, 0.29) is 27.3 Å². The molecule has 1 unspecified atom stereocenters. The lowest BCUT2D eigenvalue weighted by Crippen LogP contribution is -2.30. The van der Waals surface area contributed by atoms with E-state index >= 15 is 0 Å². The van der Waals surface area contributed by atoms with Gasteiger partial charge in [-0.05, 0) is 29.3 Å². The Balaban J connectivity index is 1.81. The van der Waals surface area contributed by atoms with E-state index in [0.717, 1.165) is 11.1 Å². The number of methoxy groups -OCH3 is 1. The Morgan fingerprint density at radius 2 is 1.69 bits per heavy atom. The first-order chi connectivity index (χ1) is 15.4. The molecule has 4 rings (SSSR count). The minimum atomic E-state index is -0.607. The molecule has 0 bridgehead atoms. The fourth-order valence-corrected chi connectivity index (χ4v) is 4.13. The molecule has 0 saturated carbocycles. The van der Waals surface area contributed by atoms with Crippen LogP contribution in [0.1, 0.15) is 17.3 Å². The predicted molar refractivity (Wildman–Crippen MR) is 124 cm³/mol. The zero-order chi connectivity index (χ0) is 22.8. The number of hydrogen-bond donors (Lipinski definition) is 1. The Labute approximate surface area is 194 Å². The molecular formula is C23H17Cl2N3O4. The van der Waals surface area contributed by atoms with Crippen molar-refractivity contribution in [3.8, 4) is 5.75 Å². The van der Waals surface area contributed by atoms with Gasteiger partial charge >= 0.3 is 0 Å². The first-order valence-electron chi connectivity index (χ1n) is 9.53. The summed E-state index contributed by atoms with van der Waals surface area (Å²) in [6.45, 7) is 0. The third-order valence-corrected chi connectivity index (χ3v) is 5.57. The molecule has 0 spiro atoms. The average Bonchev–Trinajstić information content (AvgIpc) is 3.10. The Kier molecular flexibility index (Phi) is 6.03.